The van der Waals surface area contributed by atoms with E-state index in [9.17, 15) is 0 Å². The number of nitrogen functional groups attached to an aromatic ring is 1. The number of aromatic nitrogens is 1. The molecule has 0 amide bonds. The minimum atomic E-state index is 0.0535. The monoisotopic (exact) mass is 342 g/mol. The van der Waals surface area contributed by atoms with Gasteiger partial charge in [0.2, 0.25) is 0 Å². The molecule has 0 atom stereocenters. The number of hydrogen-bond acceptors (Lipinski definition) is 3. The summed E-state index contributed by atoms with van der Waals surface area (Å²) in [6, 6.07) is 0. The summed E-state index contributed by atoms with van der Waals surface area (Å²) < 4.78 is 6.75. The summed E-state index contributed by atoms with van der Waals surface area (Å²) in [6.45, 7) is 0. The average Bonchev–Trinajstić information content (AvgIpc) is 2.31. The smallest absolute Gasteiger partial charge is 0.181 e. The van der Waals surface area contributed by atoms with E-state index in [1.54, 1.807) is 0 Å². The van der Waals surface area contributed by atoms with Gasteiger partial charge in [0.05, 0.1) is 9.88 Å². The molecule has 1 aliphatic heterocycles. The molecule has 1 aromatic rings. The number of thiazole rings is 1. The van der Waals surface area contributed by atoms with Gasteiger partial charge in [-0.15, -0.1) is 0 Å². The van der Waals surface area contributed by atoms with Gasteiger partial charge in [-0.2, -0.15) is 0 Å². The number of anilines is 1. The minimum absolute atomic E-state index is 0.0535. The zero-order valence-corrected chi connectivity index (χ0v) is 9.90. The molecule has 11 heavy (non-hydrogen) atoms. The van der Waals surface area contributed by atoms with Crippen LogP contribution in [0.5, 0.6) is 0 Å². The second kappa shape index (κ2) is 2.95. The predicted molar refractivity (Wildman–Crippen MR) is 62.7 cm³/mol. The molecule has 0 unspecified atom stereocenters. The SMILES string of the molecule is Nc1nc2c(s1)=C(Br)C=IC=2. The number of nitrogens with zero attached hydrogens (tertiary/aromatic N) is 1. The number of halogens is 2. The Morgan fingerprint density at radius 2 is 2.45 bits per heavy atom. The standard InChI is InChI=1S/C6H4BrIN2S/c7-3-1-8-2-4-5(3)11-6(9)10-4/h1-2H,(H2,9,10). The summed E-state index contributed by atoms with van der Waals surface area (Å²) in [6.07, 6.45) is 0. The second-order valence-corrected chi connectivity index (χ2v) is 5.81. The van der Waals surface area contributed by atoms with Crippen LogP contribution in [0.4, 0.5) is 5.13 Å². The first kappa shape index (κ1) is 7.88. The van der Waals surface area contributed by atoms with Gasteiger partial charge >= 0.3 is 0 Å². The maximum absolute atomic E-state index is 5.57. The molecule has 0 spiro atoms. The van der Waals surface area contributed by atoms with Crippen LogP contribution in [0, 0.1) is 0 Å². The molecule has 2 heterocycles. The van der Waals surface area contributed by atoms with Crippen molar-refractivity contribution < 1.29 is 0 Å². The highest BCUT2D eigenvalue weighted by Gasteiger charge is 2.00. The van der Waals surface area contributed by atoms with Crippen molar-refractivity contribution in [3.05, 3.63) is 9.88 Å². The van der Waals surface area contributed by atoms with E-state index in [2.05, 4.69) is 29.0 Å². The van der Waals surface area contributed by atoms with Crippen molar-refractivity contribution in [2.75, 3.05) is 5.73 Å². The number of fused-ring (bicyclic) bond motifs is 1. The van der Waals surface area contributed by atoms with E-state index in [0.717, 1.165) is 9.83 Å². The first-order valence-electron chi connectivity index (χ1n) is 2.85. The first-order valence-corrected chi connectivity index (χ1v) is 6.95. The van der Waals surface area contributed by atoms with E-state index in [1.807, 2.05) is 0 Å². The molecular formula is C6H4BrIN2S. The second-order valence-electron chi connectivity index (χ2n) is 1.96. The van der Waals surface area contributed by atoms with Gasteiger partial charge in [-0.25, -0.2) is 4.98 Å². The van der Waals surface area contributed by atoms with Crippen molar-refractivity contribution >= 4 is 65.7 Å². The topological polar surface area (TPSA) is 38.9 Å². The van der Waals surface area contributed by atoms with Crippen LogP contribution in [-0.2, 0) is 0 Å². The van der Waals surface area contributed by atoms with Gasteiger partial charge in [0.15, 0.2) is 5.13 Å². The maximum atomic E-state index is 5.57. The Balaban J connectivity index is 2.95. The van der Waals surface area contributed by atoms with Crippen molar-refractivity contribution in [3.63, 3.8) is 0 Å². The molecule has 1 aromatic heterocycles. The summed E-state index contributed by atoms with van der Waals surface area (Å²) in [4.78, 5) is 4.20. The maximum Gasteiger partial charge on any atom is 0.181 e. The molecule has 0 radical (unpaired) electrons. The van der Waals surface area contributed by atoms with Crippen LogP contribution in [0.15, 0.2) is 0 Å². The Bertz CT molecular complexity index is 434. The first-order chi connectivity index (χ1) is 5.27. The Labute approximate surface area is 85.7 Å². The molecule has 0 aliphatic carbocycles. The molecule has 5 heteroatoms. The highest BCUT2D eigenvalue weighted by Crippen LogP contribution is 2.12. The molecule has 0 saturated carbocycles. The number of hydrogen-bond donors (Lipinski definition) is 1. The predicted octanol–water partition coefficient (Wildman–Crippen LogP) is 0.753. The third kappa shape index (κ3) is 1.41. The molecule has 1 aliphatic rings. The number of rotatable bonds is 0. The fourth-order valence-corrected chi connectivity index (χ4v) is 4.65. The van der Waals surface area contributed by atoms with Gasteiger partial charge in [0.1, 0.15) is 0 Å². The zero-order valence-electron chi connectivity index (χ0n) is 5.34. The minimum Gasteiger partial charge on any atom is -0.375 e. The fraction of sp³-hybridized carbons (Fsp3) is 0. The van der Waals surface area contributed by atoms with Gasteiger partial charge in [0.25, 0.3) is 0 Å². The van der Waals surface area contributed by atoms with Gasteiger partial charge in [-0.05, 0) is 24.0 Å². The molecule has 0 aromatic carbocycles. The average molecular weight is 343 g/mol. The van der Waals surface area contributed by atoms with E-state index in [1.165, 1.54) is 15.9 Å². The van der Waals surface area contributed by atoms with Crippen LogP contribution >= 0.6 is 48.0 Å². The lowest BCUT2D eigenvalue weighted by Gasteiger charge is -1.87. The van der Waals surface area contributed by atoms with Crippen LogP contribution in [0.25, 0.3) is 8.57 Å². The van der Waals surface area contributed by atoms with Crippen molar-refractivity contribution in [2.24, 2.45) is 0 Å². The third-order valence-corrected chi connectivity index (χ3v) is 5.82. The van der Waals surface area contributed by atoms with E-state index in [0.29, 0.717) is 5.13 Å². The molecule has 2 rings (SSSR count). The lowest BCUT2D eigenvalue weighted by atomic mass is 10.6. The zero-order chi connectivity index (χ0) is 7.84. The van der Waals surface area contributed by atoms with Crippen LogP contribution in [0.2, 0.25) is 0 Å². The normalized spacial score (nSPS) is 15.2. The van der Waals surface area contributed by atoms with Crippen LogP contribution in [0.1, 0.15) is 0 Å². The summed E-state index contributed by atoms with van der Waals surface area (Å²) in [5.74, 6) is 0. The largest absolute Gasteiger partial charge is 0.375 e. The summed E-state index contributed by atoms with van der Waals surface area (Å²) >= 11 is 5.07. The van der Waals surface area contributed by atoms with Crippen LogP contribution < -0.4 is 15.6 Å². The molecule has 2 nitrogen and oxygen atoms in total. The molecular weight excluding hydrogens is 339 g/mol. The van der Waals surface area contributed by atoms with Crippen LogP contribution in [0.3, 0.4) is 0 Å². The van der Waals surface area contributed by atoms with E-state index in [-0.39, 0.29) is 20.7 Å². The molecule has 0 bridgehead atoms. The summed E-state index contributed by atoms with van der Waals surface area (Å²) in [5.41, 5.74) is 5.57. The summed E-state index contributed by atoms with van der Waals surface area (Å²) in [5, 5.41) is 1.72. The van der Waals surface area contributed by atoms with E-state index < -0.39 is 0 Å². The lowest BCUT2D eigenvalue weighted by Crippen LogP contribution is -2.23. The Morgan fingerprint density at radius 1 is 1.64 bits per heavy atom. The van der Waals surface area contributed by atoms with Gasteiger partial charge in [0, 0.05) is 4.48 Å². The molecule has 58 valence electrons. The van der Waals surface area contributed by atoms with Crippen molar-refractivity contribution in [1.82, 2.24) is 4.98 Å². The van der Waals surface area contributed by atoms with Crippen molar-refractivity contribution in [2.45, 2.75) is 0 Å². The van der Waals surface area contributed by atoms with E-state index in [4.69, 9.17) is 5.73 Å². The Hall–Kier alpha value is 0.250. The molecule has 0 saturated heterocycles. The van der Waals surface area contributed by atoms with Gasteiger partial charge in [-0.3, -0.25) is 0 Å². The number of nitrogens with two attached hydrogens (primary N) is 1. The molecule has 0 fully saturated rings. The van der Waals surface area contributed by atoms with Crippen molar-refractivity contribution in [1.29, 1.82) is 0 Å². The van der Waals surface area contributed by atoms with Crippen molar-refractivity contribution in [3.8, 4) is 0 Å². The highest BCUT2D eigenvalue weighted by molar-refractivity contribution is 14.2. The van der Waals surface area contributed by atoms with Gasteiger partial charge in [-0.1, -0.05) is 32.1 Å². The van der Waals surface area contributed by atoms with Crippen LogP contribution in [-0.4, -0.2) is 9.00 Å². The van der Waals surface area contributed by atoms with Gasteiger partial charge < -0.3 is 5.73 Å². The highest BCUT2D eigenvalue weighted by atomic mass is 127. The Morgan fingerprint density at radius 3 is 3.18 bits per heavy atom. The molecule has 2 N–H and O–H groups in total. The fourth-order valence-electron chi connectivity index (χ4n) is 0.790. The van der Waals surface area contributed by atoms with E-state index >= 15 is 0 Å². The lowest BCUT2D eigenvalue weighted by molar-refractivity contribution is 1.33. The third-order valence-electron chi connectivity index (χ3n) is 1.21. The Kier molecular flexibility index (Phi) is 2.11. The quantitative estimate of drug-likeness (QED) is 0.707. The summed E-state index contributed by atoms with van der Waals surface area (Å²) in [7, 11) is 0.